The standard InChI is InChI=1S/C20H29ClFN3O2.HI/c1-20(2,15-7-6-14(22)11-16(15)21)13-24-19(23-3)25-8-10-27-18(12-25)17-5-4-9-26-17;/h6-7,11,17-18H,4-5,8-10,12-13H2,1-3H3,(H,23,24);1H. The number of hydrogen-bond acceptors (Lipinski definition) is 3. The molecule has 1 aromatic carbocycles. The lowest BCUT2D eigenvalue weighted by molar-refractivity contribution is -0.0817. The molecule has 8 heteroatoms. The van der Waals surface area contributed by atoms with Gasteiger partial charge in [-0.1, -0.05) is 31.5 Å². The summed E-state index contributed by atoms with van der Waals surface area (Å²) in [6.07, 6.45) is 2.42. The van der Waals surface area contributed by atoms with Gasteiger partial charge in [0.15, 0.2) is 5.96 Å². The van der Waals surface area contributed by atoms with Crippen LogP contribution in [0.1, 0.15) is 32.3 Å². The summed E-state index contributed by atoms with van der Waals surface area (Å²) in [4.78, 5) is 6.67. The Balaban J connectivity index is 0.00000280. The Kier molecular flexibility index (Phi) is 8.79. The zero-order valence-corrected chi connectivity index (χ0v) is 19.8. The predicted octanol–water partition coefficient (Wildman–Crippen LogP) is 3.83. The Morgan fingerprint density at radius 2 is 2.07 bits per heavy atom. The first-order chi connectivity index (χ1) is 12.9. The van der Waals surface area contributed by atoms with Crippen LogP contribution in [0.15, 0.2) is 23.2 Å². The molecule has 2 aliphatic heterocycles. The summed E-state index contributed by atoms with van der Waals surface area (Å²) in [7, 11) is 1.79. The van der Waals surface area contributed by atoms with E-state index in [1.54, 1.807) is 13.1 Å². The molecule has 0 bridgehead atoms. The van der Waals surface area contributed by atoms with Gasteiger partial charge in [-0.2, -0.15) is 0 Å². The molecule has 3 rings (SSSR count). The van der Waals surface area contributed by atoms with E-state index in [9.17, 15) is 4.39 Å². The highest BCUT2D eigenvalue weighted by Crippen LogP contribution is 2.30. The summed E-state index contributed by atoms with van der Waals surface area (Å²) in [5, 5.41) is 3.90. The molecular formula is C20H30ClFIN3O2. The minimum Gasteiger partial charge on any atom is -0.375 e. The molecule has 2 atom stereocenters. The van der Waals surface area contributed by atoms with E-state index in [2.05, 4.69) is 29.1 Å². The van der Waals surface area contributed by atoms with Crippen LogP contribution in [0.5, 0.6) is 0 Å². The van der Waals surface area contributed by atoms with E-state index in [1.807, 2.05) is 0 Å². The van der Waals surface area contributed by atoms with Crippen LogP contribution in [0.3, 0.4) is 0 Å². The van der Waals surface area contributed by atoms with Crippen LogP contribution < -0.4 is 5.32 Å². The first kappa shape index (κ1) is 23.6. The van der Waals surface area contributed by atoms with Crippen molar-refractivity contribution in [2.24, 2.45) is 4.99 Å². The van der Waals surface area contributed by atoms with Crippen molar-refractivity contribution in [3.05, 3.63) is 34.6 Å². The summed E-state index contributed by atoms with van der Waals surface area (Å²) >= 11 is 6.26. The Morgan fingerprint density at radius 3 is 2.71 bits per heavy atom. The van der Waals surface area contributed by atoms with Crippen molar-refractivity contribution in [3.63, 3.8) is 0 Å². The van der Waals surface area contributed by atoms with E-state index in [1.165, 1.54) is 12.1 Å². The van der Waals surface area contributed by atoms with E-state index in [-0.39, 0.29) is 47.4 Å². The number of halogens is 3. The van der Waals surface area contributed by atoms with Gasteiger partial charge in [-0.25, -0.2) is 4.39 Å². The number of rotatable bonds is 4. The molecular weight excluding hydrogens is 496 g/mol. The molecule has 2 fully saturated rings. The molecule has 2 heterocycles. The van der Waals surface area contributed by atoms with Gasteiger partial charge in [0.05, 0.1) is 12.7 Å². The Labute approximate surface area is 189 Å². The quantitative estimate of drug-likeness (QED) is 0.369. The topological polar surface area (TPSA) is 46.1 Å². The minimum absolute atomic E-state index is 0. The van der Waals surface area contributed by atoms with Gasteiger partial charge in [0.1, 0.15) is 11.9 Å². The van der Waals surface area contributed by atoms with E-state index >= 15 is 0 Å². The molecule has 2 aliphatic rings. The van der Waals surface area contributed by atoms with Gasteiger partial charge >= 0.3 is 0 Å². The molecule has 1 aromatic rings. The second-order valence-electron chi connectivity index (χ2n) is 7.82. The largest absolute Gasteiger partial charge is 0.375 e. The first-order valence-electron chi connectivity index (χ1n) is 9.55. The van der Waals surface area contributed by atoms with Crippen molar-refractivity contribution < 1.29 is 13.9 Å². The Bertz CT molecular complexity index is 683. The second kappa shape index (κ2) is 10.4. The van der Waals surface area contributed by atoms with Crippen LogP contribution in [0, 0.1) is 5.82 Å². The summed E-state index contributed by atoms with van der Waals surface area (Å²) in [5.74, 6) is 0.518. The van der Waals surface area contributed by atoms with E-state index < -0.39 is 0 Å². The highest BCUT2D eigenvalue weighted by atomic mass is 127. The van der Waals surface area contributed by atoms with E-state index in [4.69, 9.17) is 21.1 Å². The molecule has 0 spiro atoms. The van der Waals surface area contributed by atoms with Gasteiger partial charge in [0, 0.05) is 43.7 Å². The van der Waals surface area contributed by atoms with Gasteiger partial charge in [-0.3, -0.25) is 4.99 Å². The monoisotopic (exact) mass is 525 g/mol. The number of benzene rings is 1. The molecule has 0 aliphatic carbocycles. The van der Waals surface area contributed by atoms with E-state index in [0.29, 0.717) is 18.2 Å². The minimum atomic E-state index is -0.322. The van der Waals surface area contributed by atoms with Crippen LogP contribution in [0.25, 0.3) is 0 Å². The van der Waals surface area contributed by atoms with Crippen molar-refractivity contribution in [2.45, 2.75) is 44.3 Å². The third-order valence-corrected chi connectivity index (χ3v) is 5.65. The van der Waals surface area contributed by atoms with Crippen molar-refractivity contribution in [3.8, 4) is 0 Å². The van der Waals surface area contributed by atoms with Crippen molar-refractivity contribution in [1.82, 2.24) is 10.2 Å². The van der Waals surface area contributed by atoms with Crippen LogP contribution in [0.2, 0.25) is 5.02 Å². The molecule has 158 valence electrons. The van der Waals surface area contributed by atoms with Crippen molar-refractivity contribution in [1.29, 1.82) is 0 Å². The third-order valence-electron chi connectivity index (χ3n) is 5.33. The zero-order chi connectivity index (χ0) is 19.4. The van der Waals surface area contributed by atoms with Crippen LogP contribution >= 0.6 is 35.6 Å². The van der Waals surface area contributed by atoms with Crippen molar-refractivity contribution in [2.75, 3.05) is 39.9 Å². The lowest BCUT2D eigenvalue weighted by atomic mass is 9.84. The molecule has 1 N–H and O–H groups in total. The number of nitrogens with one attached hydrogen (secondary N) is 1. The molecule has 0 amide bonds. The van der Waals surface area contributed by atoms with Gasteiger partial charge < -0.3 is 19.7 Å². The highest BCUT2D eigenvalue weighted by Gasteiger charge is 2.33. The van der Waals surface area contributed by atoms with Gasteiger partial charge in [0.25, 0.3) is 0 Å². The number of guanidine groups is 1. The highest BCUT2D eigenvalue weighted by molar-refractivity contribution is 14.0. The predicted molar refractivity (Wildman–Crippen MR) is 121 cm³/mol. The van der Waals surface area contributed by atoms with Gasteiger partial charge in [-0.15, -0.1) is 24.0 Å². The fourth-order valence-electron chi connectivity index (χ4n) is 3.75. The smallest absolute Gasteiger partial charge is 0.193 e. The molecule has 0 aromatic heterocycles. The second-order valence-corrected chi connectivity index (χ2v) is 8.22. The normalized spacial score (nSPS) is 23.5. The Morgan fingerprint density at radius 1 is 1.32 bits per heavy atom. The maximum absolute atomic E-state index is 13.4. The zero-order valence-electron chi connectivity index (χ0n) is 16.7. The average molecular weight is 526 g/mol. The fraction of sp³-hybridized carbons (Fsp3) is 0.650. The van der Waals surface area contributed by atoms with Crippen LogP contribution in [-0.2, 0) is 14.9 Å². The summed E-state index contributed by atoms with van der Waals surface area (Å²) < 4.78 is 25.1. The molecule has 28 heavy (non-hydrogen) atoms. The SMILES string of the molecule is CN=C(NCC(C)(C)c1ccc(F)cc1Cl)N1CCOC(C2CCCO2)C1.I. The number of morpholine rings is 1. The number of aliphatic imine (C=N–C) groups is 1. The fourth-order valence-corrected chi connectivity index (χ4v) is 4.18. The van der Waals surface area contributed by atoms with Crippen LogP contribution in [0.4, 0.5) is 4.39 Å². The van der Waals surface area contributed by atoms with Gasteiger partial charge in [0.2, 0.25) is 0 Å². The van der Waals surface area contributed by atoms with Gasteiger partial charge in [-0.05, 0) is 30.5 Å². The number of ether oxygens (including phenoxy) is 2. The lowest BCUT2D eigenvalue weighted by Gasteiger charge is -2.38. The maximum atomic E-state index is 13.4. The molecule has 2 saturated heterocycles. The maximum Gasteiger partial charge on any atom is 0.193 e. The third kappa shape index (κ3) is 5.70. The summed E-state index contributed by atoms with van der Waals surface area (Å²) in [5.41, 5.74) is 0.633. The van der Waals surface area contributed by atoms with Crippen LogP contribution in [-0.4, -0.2) is 63.0 Å². The summed E-state index contributed by atoms with van der Waals surface area (Å²) in [6.45, 7) is 7.85. The average Bonchev–Trinajstić information content (AvgIpc) is 3.17. The van der Waals surface area contributed by atoms with Crippen molar-refractivity contribution >= 4 is 41.5 Å². The molecule has 0 radical (unpaired) electrons. The lowest BCUT2D eigenvalue weighted by Crippen LogP contribution is -2.54. The molecule has 2 unspecified atom stereocenters. The molecule has 0 saturated carbocycles. The Hall–Kier alpha value is -0.640. The first-order valence-corrected chi connectivity index (χ1v) is 9.93. The number of hydrogen-bond donors (Lipinski definition) is 1. The number of nitrogens with zero attached hydrogens (tertiary/aromatic N) is 2. The summed E-state index contributed by atoms with van der Waals surface area (Å²) in [6, 6.07) is 4.57. The molecule has 5 nitrogen and oxygen atoms in total. The van der Waals surface area contributed by atoms with E-state index in [0.717, 1.165) is 44.1 Å².